The van der Waals surface area contributed by atoms with Crippen LogP contribution in [0.5, 0.6) is 0 Å². The van der Waals surface area contributed by atoms with Gasteiger partial charge in [0.1, 0.15) is 11.9 Å². The third-order valence-electron chi connectivity index (χ3n) is 6.45. The van der Waals surface area contributed by atoms with Crippen LogP contribution in [-0.2, 0) is 14.3 Å². The highest BCUT2D eigenvalue weighted by atomic mass is 19.1. The van der Waals surface area contributed by atoms with Gasteiger partial charge in [0.05, 0.1) is 24.5 Å². The summed E-state index contributed by atoms with van der Waals surface area (Å²) in [7, 11) is 0. The highest BCUT2D eigenvalue weighted by molar-refractivity contribution is 5.98. The Morgan fingerprint density at radius 2 is 1.76 bits per heavy atom. The molecular formula is C27H31FN4O5. The van der Waals surface area contributed by atoms with Gasteiger partial charge < -0.3 is 20.3 Å². The van der Waals surface area contributed by atoms with Crippen molar-refractivity contribution in [1.82, 2.24) is 5.32 Å². The number of Topliss-reactive ketones (excluding diaryl/α,β-unsaturated/α-hetero) is 1. The Kier molecular flexibility index (Phi) is 8.37. The van der Waals surface area contributed by atoms with E-state index in [4.69, 9.17) is 4.74 Å². The van der Waals surface area contributed by atoms with Crippen LogP contribution in [0.1, 0.15) is 49.4 Å². The van der Waals surface area contributed by atoms with Crippen LogP contribution in [0.25, 0.3) is 0 Å². The number of halogens is 1. The maximum absolute atomic E-state index is 14.8. The van der Waals surface area contributed by atoms with E-state index in [1.165, 1.54) is 17.9 Å². The van der Waals surface area contributed by atoms with Crippen LogP contribution < -0.4 is 20.4 Å². The molecule has 2 aliphatic rings. The predicted octanol–water partition coefficient (Wildman–Crippen LogP) is 3.88. The molecule has 0 bridgehead atoms. The molecule has 2 fully saturated rings. The number of benzene rings is 2. The van der Waals surface area contributed by atoms with Gasteiger partial charge in [-0.15, -0.1) is 0 Å². The summed E-state index contributed by atoms with van der Waals surface area (Å²) >= 11 is 0. The monoisotopic (exact) mass is 510 g/mol. The summed E-state index contributed by atoms with van der Waals surface area (Å²) in [6, 6.07) is 11.2. The van der Waals surface area contributed by atoms with Crippen molar-refractivity contribution in [2.24, 2.45) is 0 Å². The lowest BCUT2D eigenvalue weighted by Gasteiger charge is -2.29. The van der Waals surface area contributed by atoms with Crippen LogP contribution in [0.4, 0.5) is 26.2 Å². The summed E-state index contributed by atoms with van der Waals surface area (Å²) in [5, 5.41) is 5.32. The fourth-order valence-electron chi connectivity index (χ4n) is 4.52. The van der Waals surface area contributed by atoms with E-state index in [-0.39, 0.29) is 49.3 Å². The zero-order chi connectivity index (χ0) is 26.4. The number of hydrogen-bond donors (Lipinski definition) is 2. The number of carbonyl (C=O) groups is 4. The number of ketones is 1. The van der Waals surface area contributed by atoms with Crippen molar-refractivity contribution in [3.05, 3.63) is 53.8 Å². The van der Waals surface area contributed by atoms with E-state index in [0.717, 1.165) is 32.4 Å². The Balaban J connectivity index is 1.23. The first-order valence-electron chi connectivity index (χ1n) is 12.5. The highest BCUT2D eigenvalue weighted by Gasteiger charge is 2.33. The van der Waals surface area contributed by atoms with E-state index < -0.39 is 12.2 Å². The third kappa shape index (κ3) is 6.84. The van der Waals surface area contributed by atoms with Gasteiger partial charge in [0.15, 0.2) is 5.78 Å². The maximum atomic E-state index is 14.8. The third-order valence-corrected chi connectivity index (χ3v) is 6.45. The van der Waals surface area contributed by atoms with Gasteiger partial charge in [0.2, 0.25) is 11.8 Å². The number of nitrogens with zero attached hydrogens (tertiary/aromatic N) is 2. The number of anilines is 3. The molecule has 0 unspecified atom stereocenters. The normalized spacial score (nSPS) is 17.4. The van der Waals surface area contributed by atoms with Gasteiger partial charge in [0, 0.05) is 44.1 Å². The van der Waals surface area contributed by atoms with Crippen LogP contribution in [0.2, 0.25) is 0 Å². The molecule has 2 aromatic carbocycles. The molecule has 0 aliphatic carbocycles. The van der Waals surface area contributed by atoms with Crippen molar-refractivity contribution in [1.29, 1.82) is 0 Å². The minimum absolute atomic E-state index is 0.0141. The summed E-state index contributed by atoms with van der Waals surface area (Å²) in [6.07, 6.45) is 2.05. The second kappa shape index (κ2) is 11.9. The van der Waals surface area contributed by atoms with Gasteiger partial charge in [-0.3, -0.25) is 19.3 Å². The molecule has 196 valence electrons. The lowest BCUT2D eigenvalue weighted by atomic mass is 10.1. The molecule has 2 saturated heterocycles. The molecule has 2 aliphatic heterocycles. The van der Waals surface area contributed by atoms with Crippen LogP contribution in [0, 0.1) is 5.82 Å². The second-order valence-electron chi connectivity index (χ2n) is 9.29. The van der Waals surface area contributed by atoms with Crippen LogP contribution in [0.15, 0.2) is 42.5 Å². The van der Waals surface area contributed by atoms with Gasteiger partial charge in [-0.05, 0) is 61.7 Å². The lowest BCUT2D eigenvalue weighted by Crippen LogP contribution is -2.34. The van der Waals surface area contributed by atoms with Gasteiger partial charge in [-0.1, -0.05) is 0 Å². The Morgan fingerprint density at radius 1 is 1.03 bits per heavy atom. The Hall–Kier alpha value is -3.95. The lowest BCUT2D eigenvalue weighted by molar-refractivity contribution is -0.121. The smallest absolute Gasteiger partial charge is 0.414 e. The molecule has 0 aromatic heterocycles. The average Bonchev–Trinajstić information content (AvgIpc) is 3.27. The summed E-state index contributed by atoms with van der Waals surface area (Å²) in [6.45, 7) is 3.31. The standard InChI is InChI=1S/C27H31FN4O5/c1-18(33)30-20-7-5-19(6-8-20)25(34)11-12-26(35)29-16-22-17-32(27(36)37-22)21-9-10-24(23(28)15-21)31-13-3-2-4-14-31/h5-10,15,22H,2-4,11-14,16-17H2,1H3,(H,29,35)(H,30,33)/t22-/m0/s1. The molecule has 1 atom stereocenters. The molecule has 3 amide bonds. The van der Waals surface area contributed by atoms with Crippen molar-refractivity contribution in [2.45, 2.75) is 45.1 Å². The summed E-state index contributed by atoms with van der Waals surface area (Å²) < 4.78 is 20.1. The van der Waals surface area contributed by atoms with E-state index >= 15 is 0 Å². The fourth-order valence-corrected chi connectivity index (χ4v) is 4.52. The van der Waals surface area contributed by atoms with E-state index in [1.54, 1.807) is 36.4 Å². The molecule has 10 heteroatoms. The Bertz CT molecular complexity index is 1160. The SMILES string of the molecule is CC(=O)Nc1ccc(C(=O)CCC(=O)NC[C@H]2CN(c3ccc(N4CCCCC4)c(F)c3)C(=O)O2)cc1. The van der Waals surface area contributed by atoms with Crippen LogP contribution in [-0.4, -0.2) is 56.0 Å². The van der Waals surface area contributed by atoms with Gasteiger partial charge in [0.25, 0.3) is 0 Å². The first kappa shape index (κ1) is 26.1. The van der Waals surface area contributed by atoms with Crippen molar-refractivity contribution in [3.8, 4) is 0 Å². The minimum atomic E-state index is -0.595. The maximum Gasteiger partial charge on any atom is 0.414 e. The van der Waals surface area contributed by atoms with Crippen LogP contribution >= 0.6 is 0 Å². The largest absolute Gasteiger partial charge is 0.442 e. The van der Waals surface area contributed by atoms with Gasteiger partial charge in [-0.2, -0.15) is 0 Å². The molecule has 9 nitrogen and oxygen atoms in total. The number of hydrogen-bond acceptors (Lipinski definition) is 6. The summed E-state index contributed by atoms with van der Waals surface area (Å²) in [5.41, 5.74) is 1.98. The Morgan fingerprint density at radius 3 is 2.43 bits per heavy atom. The first-order valence-corrected chi connectivity index (χ1v) is 12.5. The number of amides is 3. The van der Waals surface area contributed by atoms with E-state index in [2.05, 4.69) is 10.6 Å². The van der Waals surface area contributed by atoms with Gasteiger partial charge >= 0.3 is 6.09 Å². The molecule has 0 saturated carbocycles. The van der Waals surface area contributed by atoms with Crippen molar-refractivity contribution >= 4 is 40.8 Å². The van der Waals surface area contributed by atoms with Gasteiger partial charge in [-0.25, -0.2) is 9.18 Å². The number of nitrogens with one attached hydrogen (secondary N) is 2. The van der Waals surface area contributed by atoms with E-state index in [0.29, 0.717) is 22.6 Å². The van der Waals surface area contributed by atoms with E-state index in [9.17, 15) is 23.6 Å². The first-order chi connectivity index (χ1) is 17.8. The summed E-state index contributed by atoms with van der Waals surface area (Å²) in [5.74, 6) is -1.12. The summed E-state index contributed by atoms with van der Waals surface area (Å²) in [4.78, 5) is 51.5. The van der Waals surface area contributed by atoms with Crippen molar-refractivity contribution < 1.29 is 28.3 Å². The number of rotatable bonds is 9. The number of carbonyl (C=O) groups excluding carboxylic acids is 4. The quantitative estimate of drug-likeness (QED) is 0.496. The molecule has 4 rings (SSSR count). The fraction of sp³-hybridized carbons (Fsp3) is 0.407. The topological polar surface area (TPSA) is 108 Å². The number of piperidine rings is 1. The number of cyclic esters (lactones) is 1. The molecular weight excluding hydrogens is 479 g/mol. The molecule has 0 spiro atoms. The minimum Gasteiger partial charge on any atom is -0.442 e. The Labute approximate surface area is 214 Å². The predicted molar refractivity (Wildman–Crippen MR) is 137 cm³/mol. The van der Waals surface area contributed by atoms with E-state index in [1.807, 2.05) is 4.90 Å². The molecule has 2 aromatic rings. The second-order valence-corrected chi connectivity index (χ2v) is 9.29. The molecule has 0 radical (unpaired) electrons. The zero-order valence-electron chi connectivity index (χ0n) is 20.8. The average molecular weight is 511 g/mol. The van der Waals surface area contributed by atoms with Crippen LogP contribution in [0.3, 0.4) is 0 Å². The highest BCUT2D eigenvalue weighted by Crippen LogP contribution is 2.29. The van der Waals surface area contributed by atoms with Crippen molar-refractivity contribution in [3.63, 3.8) is 0 Å². The molecule has 2 N–H and O–H groups in total. The molecule has 37 heavy (non-hydrogen) atoms. The molecule has 2 heterocycles. The number of ether oxygens (including phenoxy) is 1. The van der Waals surface area contributed by atoms with Crippen molar-refractivity contribution in [2.75, 3.05) is 41.3 Å². The zero-order valence-corrected chi connectivity index (χ0v) is 20.8.